The number of hydrogen-bond donors (Lipinski definition) is 1. The number of rotatable bonds is 11. The molecule has 38 heavy (non-hydrogen) atoms. The fraction of sp³-hybridized carbons (Fsp3) is 0.207. The monoisotopic (exact) mass is 514 g/mol. The molecule has 0 bridgehead atoms. The summed E-state index contributed by atoms with van der Waals surface area (Å²) in [5.74, 6) is 1.51. The molecule has 0 atom stereocenters. The highest BCUT2D eigenvalue weighted by Crippen LogP contribution is 2.38. The standard InChI is InChI=1S/C29H30N4O5/c1-5-15-38-24-13-11-20(12-14-24)27-22(19-33(32-27)23-9-7-6-8-10-23)18-30-31-29(34)21-16-25(35-2)28(37-4)26(17-21)36-3/h6-14,16-19H,5,15H2,1-4H3,(H,31,34)/b30-18+. The molecule has 0 unspecified atom stereocenters. The molecule has 1 N–H and O–H groups in total. The quantitative estimate of drug-likeness (QED) is 0.221. The molecule has 1 amide bonds. The van der Waals surface area contributed by atoms with Gasteiger partial charge in [0.25, 0.3) is 5.91 Å². The highest BCUT2D eigenvalue weighted by Gasteiger charge is 2.17. The molecule has 0 saturated carbocycles. The van der Waals surface area contributed by atoms with Gasteiger partial charge in [0, 0.05) is 22.9 Å². The first-order valence-corrected chi connectivity index (χ1v) is 12.1. The minimum Gasteiger partial charge on any atom is -0.494 e. The van der Waals surface area contributed by atoms with Crippen molar-refractivity contribution >= 4 is 12.1 Å². The Morgan fingerprint density at radius 2 is 1.66 bits per heavy atom. The van der Waals surface area contributed by atoms with Gasteiger partial charge in [-0.15, -0.1) is 0 Å². The number of hydrogen-bond acceptors (Lipinski definition) is 7. The van der Waals surface area contributed by atoms with Crippen LogP contribution in [0.4, 0.5) is 0 Å². The zero-order valence-electron chi connectivity index (χ0n) is 21.8. The highest BCUT2D eigenvalue weighted by atomic mass is 16.5. The van der Waals surface area contributed by atoms with Crippen molar-refractivity contribution in [3.8, 4) is 39.9 Å². The van der Waals surface area contributed by atoms with Gasteiger partial charge in [0.15, 0.2) is 11.5 Å². The summed E-state index contributed by atoms with van der Waals surface area (Å²) in [6, 6.07) is 20.6. The lowest BCUT2D eigenvalue weighted by molar-refractivity contribution is 0.0954. The molecule has 0 aliphatic rings. The fourth-order valence-electron chi connectivity index (χ4n) is 3.79. The second kappa shape index (κ2) is 12.4. The molecular weight excluding hydrogens is 484 g/mol. The number of nitrogens with zero attached hydrogens (tertiary/aromatic N) is 3. The molecule has 0 spiro atoms. The second-order valence-electron chi connectivity index (χ2n) is 8.20. The lowest BCUT2D eigenvalue weighted by atomic mass is 10.1. The topological polar surface area (TPSA) is 96.2 Å². The number of nitrogens with one attached hydrogen (secondary N) is 1. The summed E-state index contributed by atoms with van der Waals surface area (Å²) in [5, 5.41) is 9.00. The van der Waals surface area contributed by atoms with E-state index in [4.69, 9.17) is 24.0 Å². The molecule has 0 aliphatic heterocycles. The molecule has 0 saturated heterocycles. The number of para-hydroxylation sites is 1. The van der Waals surface area contributed by atoms with E-state index in [0.717, 1.165) is 29.0 Å². The maximum absolute atomic E-state index is 12.9. The molecule has 0 radical (unpaired) electrons. The molecule has 9 nitrogen and oxygen atoms in total. The van der Waals surface area contributed by atoms with Gasteiger partial charge in [-0.2, -0.15) is 10.2 Å². The molecule has 3 aromatic carbocycles. The summed E-state index contributed by atoms with van der Waals surface area (Å²) in [4.78, 5) is 12.9. The van der Waals surface area contributed by atoms with Crippen LogP contribution in [-0.2, 0) is 0 Å². The largest absolute Gasteiger partial charge is 0.494 e. The molecule has 4 rings (SSSR count). The number of carbonyl (C=O) groups is 1. The molecule has 0 aliphatic carbocycles. The Bertz CT molecular complexity index is 1370. The Morgan fingerprint density at radius 3 is 2.26 bits per heavy atom. The molecule has 1 aromatic heterocycles. The Labute approximate surface area is 221 Å². The lowest BCUT2D eigenvalue weighted by Crippen LogP contribution is -2.18. The van der Waals surface area contributed by atoms with Crippen LogP contribution in [0.1, 0.15) is 29.3 Å². The van der Waals surface area contributed by atoms with E-state index in [1.807, 2.05) is 60.8 Å². The molecule has 4 aromatic rings. The Balaban J connectivity index is 1.61. The van der Waals surface area contributed by atoms with E-state index in [0.29, 0.717) is 35.1 Å². The number of carbonyl (C=O) groups excluding carboxylic acids is 1. The van der Waals surface area contributed by atoms with Crippen molar-refractivity contribution in [1.29, 1.82) is 0 Å². The summed E-state index contributed by atoms with van der Waals surface area (Å²) >= 11 is 0. The zero-order valence-corrected chi connectivity index (χ0v) is 21.8. The first-order chi connectivity index (χ1) is 18.6. The van der Waals surface area contributed by atoms with Gasteiger partial charge in [0.05, 0.1) is 39.8 Å². The van der Waals surface area contributed by atoms with Crippen molar-refractivity contribution in [2.24, 2.45) is 5.10 Å². The van der Waals surface area contributed by atoms with E-state index in [-0.39, 0.29) is 0 Å². The van der Waals surface area contributed by atoms with Crippen molar-refractivity contribution in [3.63, 3.8) is 0 Å². The van der Waals surface area contributed by atoms with Gasteiger partial charge in [-0.3, -0.25) is 4.79 Å². The van der Waals surface area contributed by atoms with Gasteiger partial charge in [-0.25, -0.2) is 10.1 Å². The SMILES string of the molecule is CCCOc1ccc(-c2nn(-c3ccccc3)cc2/C=N/NC(=O)c2cc(OC)c(OC)c(OC)c2)cc1. The zero-order chi connectivity index (χ0) is 26.9. The average molecular weight is 515 g/mol. The number of benzene rings is 3. The van der Waals surface area contributed by atoms with E-state index < -0.39 is 5.91 Å². The number of methoxy groups -OCH3 is 3. The van der Waals surface area contributed by atoms with Gasteiger partial charge < -0.3 is 18.9 Å². The van der Waals surface area contributed by atoms with Crippen LogP contribution in [-0.4, -0.2) is 49.8 Å². The predicted octanol–water partition coefficient (Wildman–Crippen LogP) is 5.12. The third kappa shape index (κ3) is 5.95. The van der Waals surface area contributed by atoms with Crippen LogP contribution in [0.15, 0.2) is 78.0 Å². The van der Waals surface area contributed by atoms with Crippen molar-refractivity contribution in [1.82, 2.24) is 15.2 Å². The van der Waals surface area contributed by atoms with Crippen LogP contribution in [0, 0.1) is 0 Å². The Morgan fingerprint density at radius 1 is 0.974 bits per heavy atom. The molecule has 1 heterocycles. The third-order valence-electron chi connectivity index (χ3n) is 5.66. The van der Waals surface area contributed by atoms with Gasteiger partial charge in [-0.1, -0.05) is 25.1 Å². The normalized spacial score (nSPS) is 10.8. The van der Waals surface area contributed by atoms with Crippen LogP contribution >= 0.6 is 0 Å². The van der Waals surface area contributed by atoms with E-state index >= 15 is 0 Å². The summed E-state index contributed by atoms with van der Waals surface area (Å²) in [6.45, 7) is 2.72. The third-order valence-corrected chi connectivity index (χ3v) is 5.66. The predicted molar refractivity (Wildman–Crippen MR) is 146 cm³/mol. The van der Waals surface area contributed by atoms with Crippen LogP contribution in [0.5, 0.6) is 23.0 Å². The summed E-state index contributed by atoms with van der Waals surface area (Å²) < 4.78 is 23.5. The maximum atomic E-state index is 12.9. The van der Waals surface area contributed by atoms with E-state index in [2.05, 4.69) is 17.5 Å². The minimum absolute atomic E-state index is 0.305. The van der Waals surface area contributed by atoms with Crippen LogP contribution in [0.3, 0.4) is 0 Å². The second-order valence-corrected chi connectivity index (χ2v) is 8.20. The minimum atomic E-state index is -0.435. The van der Waals surface area contributed by atoms with E-state index in [1.54, 1.807) is 23.0 Å². The molecular formula is C29H30N4O5. The Kier molecular flexibility index (Phi) is 8.61. The van der Waals surface area contributed by atoms with E-state index in [1.165, 1.54) is 21.3 Å². The number of amides is 1. The molecule has 9 heteroatoms. The average Bonchev–Trinajstić information content (AvgIpc) is 3.40. The molecule has 0 fully saturated rings. The van der Waals surface area contributed by atoms with Crippen LogP contribution < -0.4 is 24.4 Å². The number of ether oxygens (including phenoxy) is 4. The lowest BCUT2D eigenvalue weighted by Gasteiger charge is -2.13. The van der Waals surface area contributed by atoms with Crippen molar-refractivity contribution in [2.45, 2.75) is 13.3 Å². The fourth-order valence-corrected chi connectivity index (χ4v) is 3.79. The van der Waals surface area contributed by atoms with Crippen LogP contribution in [0.2, 0.25) is 0 Å². The molecule has 196 valence electrons. The summed E-state index contributed by atoms with van der Waals surface area (Å²) in [7, 11) is 4.49. The smallest absolute Gasteiger partial charge is 0.271 e. The maximum Gasteiger partial charge on any atom is 0.271 e. The van der Waals surface area contributed by atoms with Gasteiger partial charge in [0.2, 0.25) is 5.75 Å². The van der Waals surface area contributed by atoms with Crippen molar-refractivity contribution < 1.29 is 23.7 Å². The van der Waals surface area contributed by atoms with Gasteiger partial charge in [-0.05, 0) is 55.0 Å². The Hall–Kier alpha value is -4.79. The van der Waals surface area contributed by atoms with E-state index in [9.17, 15) is 4.79 Å². The number of hydrazone groups is 1. The van der Waals surface area contributed by atoms with Gasteiger partial charge >= 0.3 is 0 Å². The number of aromatic nitrogens is 2. The van der Waals surface area contributed by atoms with Crippen molar-refractivity contribution in [2.75, 3.05) is 27.9 Å². The van der Waals surface area contributed by atoms with Gasteiger partial charge in [0.1, 0.15) is 11.4 Å². The van der Waals surface area contributed by atoms with Crippen LogP contribution in [0.25, 0.3) is 16.9 Å². The first-order valence-electron chi connectivity index (χ1n) is 12.1. The van der Waals surface area contributed by atoms with Crippen molar-refractivity contribution in [3.05, 3.63) is 84.1 Å². The highest BCUT2D eigenvalue weighted by molar-refractivity contribution is 5.97. The summed E-state index contributed by atoms with van der Waals surface area (Å²) in [6.07, 6.45) is 4.37. The first kappa shape index (κ1) is 26.3. The summed E-state index contributed by atoms with van der Waals surface area (Å²) in [5.41, 5.74) is 6.10.